The molecule has 1 aromatic heterocycles. The van der Waals surface area contributed by atoms with Gasteiger partial charge in [-0.1, -0.05) is 37.3 Å². The van der Waals surface area contributed by atoms with Crippen LogP contribution < -0.4 is 4.90 Å². The van der Waals surface area contributed by atoms with Crippen LogP contribution in [0.1, 0.15) is 43.9 Å². The SMILES string of the molecule is CCc1cnc(N2CCC([C@@H](C)OC(=O)C(OC)c3ccccc3)CC2)nc1. The maximum absolute atomic E-state index is 12.6. The zero-order chi connectivity index (χ0) is 19.9. The molecule has 1 unspecified atom stereocenters. The van der Waals surface area contributed by atoms with E-state index in [0.717, 1.165) is 49.4 Å². The van der Waals surface area contributed by atoms with E-state index in [0.29, 0.717) is 5.92 Å². The first-order valence-corrected chi connectivity index (χ1v) is 9.96. The normalized spacial score (nSPS) is 17.2. The Hall–Kier alpha value is -2.47. The first-order chi connectivity index (χ1) is 13.6. The molecule has 0 radical (unpaired) electrons. The van der Waals surface area contributed by atoms with Crippen molar-refractivity contribution in [2.45, 2.75) is 45.3 Å². The average molecular weight is 383 g/mol. The van der Waals surface area contributed by atoms with Gasteiger partial charge >= 0.3 is 5.97 Å². The van der Waals surface area contributed by atoms with Crippen LogP contribution in [0.4, 0.5) is 5.95 Å². The molecule has 0 bridgehead atoms. The molecular formula is C22H29N3O3. The Morgan fingerprint density at radius 3 is 2.39 bits per heavy atom. The number of methoxy groups -OCH3 is 1. The molecule has 0 aliphatic carbocycles. The van der Waals surface area contributed by atoms with E-state index in [-0.39, 0.29) is 12.1 Å². The molecule has 150 valence electrons. The molecule has 6 heteroatoms. The third-order valence-electron chi connectivity index (χ3n) is 5.44. The molecule has 2 aromatic rings. The first kappa shape index (κ1) is 20.3. The zero-order valence-electron chi connectivity index (χ0n) is 16.9. The van der Waals surface area contributed by atoms with Gasteiger partial charge in [0, 0.05) is 32.6 Å². The smallest absolute Gasteiger partial charge is 0.340 e. The van der Waals surface area contributed by atoms with Crippen molar-refractivity contribution in [1.82, 2.24) is 9.97 Å². The summed E-state index contributed by atoms with van der Waals surface area (Å²) < 4.78 is 11.1. The van der Waals surface area contributed by atoms with Crippen molar-refractivity contribution >= 4 is 11.9 Å². The number of benzene rings is 1. The van der Waals surface area contributed by atoms with Gasteiger partial charge in [0.25, 0.3) is 0 Å². The topological polar surface area (TPSA) is 64.6 Å². The number of piperidine rings is 1. The second kappa shape index (κ2) is 9.64. The third kappa shape index (κ3) is 4.87. The minimum atomic E-state index is -0.686. The number of carbonyl (C=O) groups is 1. The van der Waals surface area contributed by atoms with E-state index in [1.54, 1.807) is 0 Å². The lowest BCUT2D eigenvalue weighted by Crippen LogP contribution is -2.39. The molecule has 1 aliphatic heterocycles. The maximum Gasteiger partial charge on any atom is 0.340 e. The van der Waals surface area contributed by atoms with Crippen LogP contribution in [0, 0.1) is 5.92 Å². The molecule has 0 amide bonds. The van der Waals surface area contributed by atoms with Crippen LogP contribution in [0.2, 0.25) is 0 Å². The fourth-order valence-corrected chi connectivity index (χ4v) is 3.60. The number of carbonyl (C=O) groups excluding carboxylic acids is 1. The minimum Gasteiger partial charge on any atom is -0.460 e. The first-order valence-electron chi connectivity index (χ1n) is 9.96. The molecular weight excluding hydrogens is 354 g/mol. The fraction of sp³-hybridized carbons (Fsp3) is 0.500. The molecule has 2 atom stereocenters. The second-order valence-electron chi connectivity index (χ2n) is 7.24. The summed E-state index contributed by atoms with van der Waals surface area (Å²) in [4.78, 5) is 23.7. The Morgan fingerprint density at radius 2 is 1.82 bits per heavy atom. The van der Waals surface area contributed by atoms with Gasteiger partial charge in [0.1, 0.15) is 6.10 Å². The van der Waals surface area contributed by atoms with Crippen molar-refractivity contribution in [3.05, 3.63) is 53.9 Å². The molecule has 1 saturated heterocycles. The number of hydrogen-bond acceptors (Lipinski definition) is 6. The lowest BCUT2D eigenvalue weighted by molar-refractivity contribution is -0.163. The molecule has 2 heterocycles. The van der Waals surface area contributed by atoms with Crippen LogP contribution in [0.5, 0.6) is 0 Å². The van der Waals surface area contributed by atoms with Crippen molar-refractivity contribution < 1.29 is 14.3 Å². The van der Waals surface area contributed by atoms with Gasteiger partial charge in [-0.2, -0.15) is 0 Å². The number of rotatable bonds is 7. The van der Waals surface area contributed by atoms with E-state index >= 15 is 0 Å². The number of aryl methyl sites for hydroxylation is 1. The van der Waals surface area contributed by atoms with E-state index in [1.165, 1.54) is 7.11 Å². The number of hydrogen-bond donors (Lipinski definition) is 0. The van der Waals surface area contributed by atoms with Crippen LogP contribution in [0.15, 0.2) is 42.7 Å². The van der Waals surface area contributed by atoms with E-state index in [4.69, 9.17) is 9.47 Å². The summed E-state index contributed by atoms with van der Waals surface area (Å²) in [5.41, 5.74) is 1.95. The molecule has 1 aromatic carbocycles. The Morgan fingerprint density at radius 1 is 1.18 bits per heavy atom. The standard InChI is InChI=1S/C22H29N3O3/c1-4-17-14-23-22(24-15-17)25-12-10-18(11-13-25)16(2)28-21(26)20(27-3)19-8-6-5-7-9-19/h5-9,14-16,18,20H,4,10-13H2,1-3H3/t16-,20?/m1/s1. The van der Waals surface area contributed by atoms with E-state index in [9.17, 15) is 4.79 Å². The van der Waals surface area contributed by atoms with Crippen molar-refractivity contribution in [2.75, 3.05) is 25.1 Å². The molecule has 0 N–H and O–H groups in total. The summed E-state index contributed by atoms with van der Waals surface area (Å²) in [6.07, 6.45) is 5.78. The quantitative estimate of drug-likeness (QED) is 0.681. The highest BCUT2D eigenvalue weighted by Gasteiger charge is 2.30. The monoisotopic (exact) mass is 383 g/mol. The average Bonchev–Trinajstić information content (AvgIpc) is 2.75. The number of anilines is 1. The van der Waals surface area contributed by atoms with Crippen molar-refractivity contribution in [3.63, 3.8) is 0 Å². The highest BCUT2D eigenvalue weighted by atomic mass is 16.6. The molecule has 1 fully saturated rings. The van der Waals surface area contributed by atoms with E-state index < -0.39 is 6.10 Å². The number of ether oxygens (including phenoxy) is 2. The van der Waals surface area contributed by atoms with Gasteiger partial charge in [0.15, 0.2) is 6.10 Å². The summed E-state index contributed by atoms with van der Waals surface area (Å²) in [6.45, 7) is 5.80. The summed E-state index contributed by atoms with van der Waals surface area (Å²) in [6, 6.07) is 9.45. The van der Waals surface area contributed by atoms with Crippen LogP contribution >= 0.6 is 0 Å². The zero-order valence-corrected chi connectivity index (χ0v) is 16.9. The Kier molecular flexibility index (Phi) is 6.98. The lowest BCUT2D eigenvalue weighted by atomic mass is 9.92. The Labute approximate surface area is 166 Å². The van der Waals surface area contributed by atoms with Gasteiger partial charge in [0.2, 0.25) is 5.95 Å². The fourth-order valence-electron chi connectivity index (χ4n) is 3.60. The van der Waals surface area contributed by atoms with Crippen molar-refractivity contribution in [3.8, 4) is 0 Å². The van der Waals surface area contributed by atoms with Crippen molar-refractivity contribution in [1.29, 1.82) is 0 Å². The van der Waals surface area contributed by atoms with Gasteiger partial charge in [-0.3, -0.25) is 0 Å². The highest BCUT2D eigenvalue weighted by Crippen LogP contribution is 2.27. The summed E-state index contributed by atoms with van der Waals surface area (Å²) in [7, 11) is 1.53. The van der Waals surface area contributed by atoms with Crippen LogP contribution in [-0.2, 0) is 20.7 Å². The van der Waals surface area contributed by atoms with Gasteiger partial charge in [-0.25, -0.2) is 14.8 Å². The minimum absolute atomic E-state index is 0.153. The molecule has 0 saturated carbocycles. The van der Waals surface area contributed by atoms with Crippen LogP contribution in [0.25, 0.3) is 0 Å². The summed E-state index contributed by atoms with van der Waals surface area (Å²) >= 11 is 0. The number of nitrogens with zero attached hydrogens (tertiary/aromatic N) is 3. The second-order valence-corrected chi connectivity index (χ2v) is 7.24. The van der Waals surface area contributed by atoms with Crippen molar-refractivity contribution in [2.24, 2.45) is 5.92 Å². The largest absolute Gasteiger partial charge is 0.460 e. The highest BCUT2D eigenvalue weighted by molar-refractivity contribution is 5.76. The predicted octanol–water partition coefficient (Wildman–Crippen LogP) is 3.57. The lowest BCUT2D eigenvalue weighted by Gasteiger charge is -2.34. The van der Waals surface area contributed by atoms with E-state index in [1.807, 2.05) is 49.6 Å². The molecule has 0 spiro atoms. The summed E-state index contributed by atoms with van der Waals surface area (Å²) in [5, 5.41) is 0. The van der Waals surface area contributed by atoms with E-state index in [2.05, 4.69) is 21.8 Å². The molecule has 6 nitrogen and oxygen atoms in total. The third-order valence-corrected chi connectivity index (χ3v) is 5.44. The number of esters is 1. The van der Waals surface area contributed by atoms with Gasteiger partial charge in [-0.15, -0.1) is 0 Å². The molecule has 1 aliphatic rings. The Bertz CT molecular complexity index is 743. The van der Waals surface area contributed by atoms with Gasteiger partial charge in [-0.05, 0) is 43.2 Å². The number of aromatic nitrogens is 2. The molecule has 3 rings (SSSR count). The predicted molar refractivity (Wildman–Crippen MR) is 108 cm³/mol. The van der Waals surface area contributed by atoms with Crippen LogP contribution in [0.3, 0.4) is 0 Å². The molecule has 28 heavy (non-hydrogen) atoms. The van der Waals surface area contributed by atoms with Crippen LogP contribution in [-0.4, -0.2) is 42.2 Å². The van der Waals surface area contributed by atoms with Gasteiger partial charge in [0.05, 0.1) is 0 Å². The summed E-state index contributed by atoms with van der Waals surface area (Å²) in [5.74, 6) is 0.773. The maximum atomic E-state index is 12.6. The van der Waals surface area contributed by atoms with Gasteiger partial charge < -0.3 is 14.4 Å². The Balaban J connectivity index is 1.53.